The average Bonchev–Trinajstić information content (AvgIpc) is 2.65. The third kappa shape index (κ3) is 4.54. The van der Waals surface area contributed by atoms with E-state index in [-0.39, 0.29) is 11.8 Å². The number of carbonyl (C=O) groups is 2. The topological polar surface area (TPSA) is 56.8 Å². The molecular formula is C18H28N4O2. The van der Waals surface area contributed by atoms with E-state index in [2.05, 4.69) is 23.7 Å². The summed E-state index contributed by atoms with van der Waals surface area (Å²) in [4.78, 5) is 35.2. The fourth-order valence-electron chi connectivity index (χ4n) is 2.79. The maximum absolute atomic E-state index is 12.6. The van der Waals surface area contributed by atoms with Gasteiger partial charge in [0.15, 0.2) is 0 Å². The number of pyridine rings is 1. The van der Waals surface area contributed by atoms with E-state index in [9.17, 15) is 9.59 Å². The third-order valence-electron chi connectivity index (χ3n) is 4.49. The molecule has 0 radical (unpaired) electrons. The quantitative estimate of drug-likeness (QED) is 0.796. The zero-order chi connectivity index (χ0) is 17.5. The average molecular weight is 332 g/mol. The number of carbonyl (C=O) groups excluding carboxylic acids is 2. The summed E-state index contributed by atoms with van der Waals surface area (Å²) >= 11 is 0. The Morgan fingerprint density at radius 1 is 1.12 bits per heavy atom. The molecule has 1 fully saturated rings. The molecule has 1 aliphatic rings. The van der Waals surface area contributed by atoms with Crippen LogP contribution in [0.5, 0.6) is 0 Å². The Kier molecular flexibility index (Phi) is 6.73. The molecule has 0 N–H and O–H groups in total. The zero-order valence-electron chi connectivity index (χ0n) is 15.0. The van der Waals surface area contributed by atoms with E-state index < -0.39 is 0 Å². The standard InChI is InChI=1S/C18H28N4O2/c1-4-6-10-20(3)17(23)15-8-7-9-16(19-15)18(24)22-13-11-21(5-2)12-14-22/h7-9H,4-6,10-14H2,1-3H3. The molecule has 1 aromatic rings. The maximum Gasteiger partial charge on any atom is 0.272 e. The van der Waals surface area contributed by atoms with Crippen LogP contribution in [0, 0.1) is 0 Å². The largest absolute Gasteiger partial charge is 0.340 e. The second-order valence-electron chi connectivity index (χ2n) is 6.21. The van der Waals surface area contributed by atoms with Crippen molar-refractivity contribution in [3.8, 4) is 0 Å². The van der Waals surface area contributed by atoms with E-state index in [1.165, 1.54) is 0 Å². The minimum Gasteiger partial charge on any atom is -0.340 e. The first-order valence-corrected chi connectivity index (χ1v) is 8.81. The van der Waals surface area contributed by atoms with Crippen molar-refractivity contribution in [3.63, 3.8) is 0 Å². The Morgan fingerprint density at radius 3 is 2.42 bits per heavy atom. The van der Waals surface area contributed by atoms with Gasteiger partial charge < -0.3 is 14.7 Å². The molecule has 2 amide bonds. The molecule has 0 aliphatic carbocycles. The van der Waals surface area contributed by atoms with Crippen molar-refractivity contribution in [3.05, 3.63) is 29.6 Å². The molecule has 1 aromatic heterocycles. The Hall–Kier alpha value is -1.95. The molecular weight excluding hydrogens is 304 g/mol. The van der Waals surface area contributed by atoms with Gasteiger partial charge in [0.1, 0.15) is 11.4 Å². The van der Waals surface area contributed by atoms with Crippen molar-refractivity contribution < 1.29 is 9.59 Å². The van der Waals surface area contributed by atoms with Crippen LogP contribution in [0.2, 0.25) is 0 Å². The zero-order valence-corrected chi connectivity index (χ0v) is 15.0. The Labute approximate surface area is 144 Å². The minimum absolute atomic E-state index is 0.0865. The highest BCUT2D eigenvalue weighted by molar-refractivity contribution is 5.96. The van der Waals surface area contributed by atoms with Crippen LogP contribution in [0.4, 0.5) is 0 Å². The lowest BCUT2D eigenvalue weighted by molar-refractivity contribution is 0.0637. The van der Waals surface area contributed by atoms with Crippen LogP contribution >= 0.6 is 0 Å². The third-order valence-corrected chi connectivity index (χ3v) is 4.49. The van der Waals surface area contributed by atoms with E-state index in [0.717, 1.165) is 32.5 Å². The molecule has 0 atom stereocenters. The van der Waals surface area contributed by atoms with Crippen LogP contribution in [0.1, 0.15) is 47.7 Å². The summed E-state index contributed by atoms with van der Waals surface area (Å²) in [5.41, 5.74) is 0.696. The Bertz CT molecular complexity index is 568. The highest BCUT2D eigenvalue weighted by Crippen LogP contribution is 2.09. The summed E-state index contributed by atoms with van der Waals surface area (Å²) in [6, 6.07) is 5.11. The van der Waals surface area contributed by atoms with Crippen molar-refractivity contribution >= 4 is 11.8 Å². The van der Waals surface area contributed by atoms with Gasteiger partial charge in [0.25, 0.3) is 11.8 Å². The lowest BCUT2D eigenvalue weighted by Crippen LogP contribution is -2.48. The number of nitrogens with zero attached hydrogens (tertiary/aromatic N) is 4. The molecule has 132 valence electrons. The molecule has 6 nitrogen and oxygen atoms in total. The summed E-state index contributed by atoms with van der Waals surface area (Å²) in [6.07, 6.45) is 2.00. The van der Waals surface area contributed by atoms with Gasteiger partial charge in [-0.3, -0.25) is 9.59 Å². The number of hydrogen-bond acceptors (Lipinski definition) is 4. The van der Waals surface area contributed by atoms with Crippen molar-refractivity contribution in [2.75, 3.05) is 46.3 Å². The molecule has 0 aromatic carbocycles. The molecule has 1 aliphatic heterocycles. The van der Waals surface area contributed by atoms with Gasteiger partial charge in [-0.1, -0.05) is 26.3 Å². The molecule has 0 unspecified atom stereocenters. The highest BCUT2D eigenvalue weighted by Gasteiger charge is 2.23. The van der Waals surface area contributed by atoms with E-state index in [4.69, 9.17) is 0 Å². The van der Waals surface area contributed by atoms with Gasteiger partial charge >= 0.3 is 0 Å². The summed E-state index contributed by atoms with van der Waals surface area (Å²) in [5, 5.41) is 0. The number of likely N-dealkylation sites (N-methyl/N-ethyl adjacent to an activating group) is 1. The van der Waals surface area contributed by atoms with E-state index in [1.54, 1.807) is 30.1 Å². The molecule has 0 saturated carbocycles. The molecule has 2 rings (SSSR count). The SMILES string of the molecule is CCCCN(C)C(=O)c1cccc(C(=O)N2CCN(CC)CC2)n1. The van der Waals surface area contributed by atoms with E-state index in [1.807, 2.05) is 4.90 Å². The molecule has 2 heterocycles. The van der Waals surface area contributed by atoms with Crippen LogP contribution in [-0.2, 0) is 0 Å². The Balaban J connectivity index is 2.04. The first kappa shape index (κ1) is 18.4. The lowest BCUT2D eigenvalue weighted by atomic mass is 10.2. The molecule has 24 heavy (non-hydrogen) atoms. The second kappa shape index (κ2) is 8.78. The number of unbranched alkanes of at least 4 members (excludes halogenated alkanes) is 1. The minimum atomic E-state index is -0.131. The van der Waals surface area contributed by atoms with Gasteiger partial charge in [0, 0.05) is 39.8 Å². The number of piperazine rings is 1. The van der Waals surface area contributed by atoms with Crippen molar-refractivity contribution in [1.82, 2.24) is 19.7 Å². The van der Waals surface area contributed by atoms with E-state index >= 15 is 0 Å². The van der Waals surface area contributed by atoms with Gasteiger partial charge in [-0.25, -0.2) is 4.98 Å². The molecule has 1 saturated heterocycles. The number of aromatic nitrogens is 1. The molecule has 6 heteroatoms. The number of amides is 2. The van der Waals surface area contributed by atoms with Gasteiger partial charge in [-0.2, -0.15) is 0 Å². The summed E-state index contributed by atoms with van der Waals surface area (Å²) in [5.74, 6) is -0.217. The molecule has 0 spiro atoms. The van der Waals surface area contributed by atoms with Crippen LogP contribution in [0.15, 0.2) is 18.2 Å². The normalized spacial score (nSPS) is 15.4. The van der Waals surface area contributed by atoms with E-state index in [0.29, 0.717) is 31.0 Å². The Morgan fingerprint density at radius 2 is 1.79 bits per heavy atom. The van der Waals surface area contributed by atoms with Crippen molar-refractivity contribution in [1.29, 1.82) is 0 Å². The predicted molar refractivity (Wildman–Crippen MR) is 94.1 cm³/mol. The summed E-state index contributed by atoms with van der Waals surface area (Å²) in [6.45, 7) is 9.13. The monoisotopic (exact) mass is 332 g/mol. The van der Waals surface area contributed by atoms with Crippen LogP contribution in [-0.4, -0.2) is 77.8 Å². The van der Waals surface area contributed by atoms with Crippen molar-refractivity contribution in [2.24, 2.45) is 0 Å². The van der Waals surface area contributed by atoms with Gasteiger partial charge in [0.05, 0.1) is 0 Å². The van der Waals surface area contributed by atoms with Crippen LogP contribution in [0.25, 0.3) is 0 Å². The smallest absolute Gasteiger partial charge is 0.272 e. The lowest BCUT2D eigenvalue weighted by Gasteiger charge is -2.33. The van der Waals surface area contributed by atoms with Gasteiger partial charge in [-0.05, 0) is 25.1 Å². The fourth-order valence-corrected chi connectivity index (χ4v) is 2.79. The van der Waals surface area contributed by atoms with Crippen LogP contribution < -0.4 is 0 Å². The maximum atomic E-state index is 12.6. The first-order chi connectivity index (χ1) is 11.6. The van der Waals surface area contributed by atoms with Crippen LogP contribution in [0.3, 0.4) is 0 Å². The van der Waals surface area contributed by atoms with Gasteiger partial charge in [0.2, 0.25) is 0 Å². The number of hydrogen-bond donors (Lipinski definition) is 0. The summed E-state index contributed by atoms with van der Waals surface area (Å²) < 4.78 is 0. The fraction of sp³-hybridized carbons (Fsp3) is 0.611. The second-order valence-corrected chi connectivity index (χ2v) is 6.21. The summed E-state index contributed by atoms with van der Waals surface area (Å²) in [7, 11) is 1.78. The number of rotatable bonds is 6. The first-order valence-electron chi connectivity index (χ1n) is 8.81. The highest BCUT2D eigenvalue weighted by atomic mass is 16.2. The predicted octanol–water partition coefficient (Wildman–Crippen LogP) is 1.73. The molecule has 0 bridgehead atoms. The van der Waals surface area contributed by atoms with Crippen molar-refractivity contribution in [2.45, 2.75) is 26.7 Å². The van der Waals surface area contributed by atoms with Gasteiger partial charge in [-0.15, -0.1) is 0 Å².